The molecule has 0 radical (unpaired) electrons. The SMILES string of the molecule is SOOOSS. The average Bonchev–Trinajstić information content (AvgIpc) is 1.61. The second kappa shape index (κ2) is 5.93. The van der Waals surface area contributed by atoms with Gasteiger partial charge in [-0.25, -0.2) is 0 Å². The van der Waals surface area contributed by atoms with Crippen molar-refractivity contribution < 1.29 is 13.7 Å². The highest BCUT2D eigenvalue weighted by Gasteiger charge is 1.76. The van der Waals surface area contributed by atoms with Crippen LogP contribution in [0.4, 0.5) is 0 Å². The molecule has 0 aromatic carbocycles. The lowest BCUT2D eigenvalue weighted by molar-refractivity contribution is -0.393. The first-order valence-electron chi connectivity index (χ1n) is 0.865. The topological polar surface area (TPSA) is 27.7 Å². The third-order valence-electron chi connectivity index (χ3n) is 0.0886. The molecule has 0 aliphatic carbocycles. The summed E-state index contributed by atoms with van der Waals surface area (Å²) in [7, 11) is 0. The van der Waals surface area contributed by atoms with E-state index in [9.17, 15) is 0 Å². The summed E-state index contributed by atoms with van der Waals surface area (Å²) < 4.78 is 7.65. The smallest absolute Gasteiger partial charge is 0.102 e. The van der Waals surface area contributed by atoms with Crippen LogP contribution in [0.5, 0.6) is 0 Å². The molecule has 38 valence electrons. The van der Waals surface area contributed by atoms with E-state index in [1.54, 1.807) is 0 Å². The quantitative estimate of drug-likeness (QED) is 0.156. The van der Waals surface area contributed by atoms with Crippen molar-refractivity contribution >= 4 is 35.6 Å². The van der Waals surface area contributed by atoms with Crippen LogP contribution in [-0.4, -0.2) is 0 Å². The molecule has 0 aliphatic heterocycles. The zero-order valence-electron chi connectivity index (χ0n) is 2.53. The fourth-order valence-electron chi connectivity index (χ4n) is 0.0248. The van der Waals surface area contributed by atoms with Crippen molar-refractivity contribution in [3.63, 3.8) is 0 Å². The van der Waals surface area contributed by atoms with Crippen LogP contribution in [0, 0.1) is 0 Å². The number of thiol groups is 2. The van der Waals surface area contributed by atoms with Crippen LogP contribution in [0.1, 0.15) is 0 Å². The van der Waals surface area contributed by atoms with Gasteiger partial charge in [-0.2, -0.15) is 0 Å². The molecule has 0 unspecified atom stereocenters. The molecule has 0 rings (SSSR count). The maximum atomic E-state index is 3.96. The van der Waals surface area contributed by atoms with Gasteiger partial charge in [0.1, 0.15) is 11.1 Å². The Morgan fingerprint density at radius 2 is 2.17 bits per heavy atom. The van der Waals surface area contributed by atoms with E-state index in [-0.39, 0.29) is 0 Å². The van der Waals surface area contributed by atoms with Crippen molar-refractivity contribution in [2.75, 3.05) is 0 Å². The summed E-state index contributed by atoms with van der Waals surface area (Å²) in [6, 6.07) is 0. The third-order valence-corrected chi connectivity index (χ3v) is 0.448. The zero-order valence-corrected chi connectivity index (χ0v) is 5.13. The van der Waals surface area contributed by atoms with E-state index < -0.39 is 0 Å². The van der Waals surface area contributed by atoms with Crippen molar-refractivity contribution in [2.45, 2.75) is 0 Å². The number of hydrogen-bond donors (Lipinski definition) is 2. The van der Waals surface area contributed by atoms with Crippen LogP contribution in [0.25, 0.3) is 0 Å². The van der Waals surface area contributed by atoms with Gasteiger partial charge >= 0.3 is 0 Å². The largest absolute Gasteiger partial charge is 0.135 e. The van der Waals surface area contributed by atoms with Gasteiger partial charge in [0.25, 0.3) is 0 Å². The lowest BCUT2D eigenvalue weighted by atomic mass is 14.6. The highest BCUT2D eigenvalue weighted by molar-refractivity contribution is 8.66. The van der Waals surface area contributed by atoms with Crippen molar-refractivity contribution in [1.82, 2.24) is 0 Å². The lowest BCUT2D eigenvalue weighted by Crippen LogP contribution is -1.73. The Labute approximate surface area is 49.8 Å². The van der Waals surface area contributed by atoms with Crippen molar-refractivity contribution in [2.24, 2.45) is 0 Å². The van der Waals surface area contributed by atoms with Gasteiger partial charge in [-0.1, -0.05) is 11.7 Å². The van der Waals surface area contributed by atoms with Crippen molar-refractivity contribution in [1.29, 1.82) is 0 Å². The molecule has 0 fully saturated rings. The molecule has 0 saturated carbocycles. The van der Waals surface area contributed by atoms with Gasteiger partial charge in [0, 0.05) is 12.9 Å². The lowest BCUT2D eigenvalue weighted by Gasteiger charge is -1.86. The Kier molecular flexibility index (Phi) is 6.85. The molecular formula is H2O3S3. The summed E-state index contributed by atoms with van der Waals surface area (Å²) in [6.07, 6.45) is 0. The third kappa shape index (κ3) is 4.93. The van der Waals surface area contributed by atoms with E-state index in [4.69, 9.17) is 0 Å². The molecule has 0 heterocycles. The first kappa shape index (κ1) is 6.93. The standard InChI is InChI=1S/H2O3S3/c4-2-1-3-6-5/h4-5H. The Hall–Kier alpha value is 0.930. The average molecular weight is 146 g/mol. The molecule has 0 spiro atoms. The van der Waals surface area contributed by atoms with E-state index in [2.05, 4.69) is 38.3 Å². The number of rotatable bonds is 3. The minimum atomic E-state index is 0.725. The van der Waals surface area contributed by atoms with Crippen molar-refractivity contribution in [3.8, 4) is 0 Å². The summed E-state index contributed by atoms with van der Waals surface area (Å²) in [6.45, 7) is 0. The van der Waals surface area contributed by atoms with Crippen LogP contribution < -0.4 is 0 Å². The van der Waals surface area contributed by atoms with Crippen molar-refractivity contribution in [3.05, 3.63) is 0 Å². The molecule has 6 heteroatoms. The summed E-state index contributed by atoms with van der Waals surface area (Å²) >= 11 is 7.39. The minimum Gasteiger partial charge on any atom is -0.135 e. The fourth-order valence-corrected chi connectivity index (χ4v) is 0.224. The monoisotopic (exact) mass is 146 g/mol. The molecule has 0 atom stereocenters. The minimum absolute atomic E-state index is 0.725. The van der Waals surface area contributed by atoms with Crippen LogP contribution in [-0.2, 0) is 13.7 Å². The van der Waals surface area contributed by atoms with E-state index in [1.165, 1.54) is 0 Å². The molecule has 0 bridgehead atoms. The highest BCUT2D eigenvalue weighted by atomic mass is 33.1. The zero-order chi connectivity index (χ0) is 4.83. The summed E-state index contributed by atoms with van der Waals surface area (Å²) in [5.41, 5.74) is 0. The molecule has 0 amide bonds. The van der Waals surface area contributed by atoms with Gasteiger partial charge in [0.15, 0.2) is 0 Å². The predicted molar refractivity (Wildman–Crippen MR) is 28.8 cm³/mol. The summed E-state index contributed by atoms with van der Waals surface area (Å²) in [5, 5.41) is 3.73. The fraction of sp³-hybridized carbons (Fsp3) is 0. The van der Waals surface area contributed by atoms with Crippen LogP contribution in [0.2, 0.25) is 0 Å². The molecule has 0 aromatic rings. The molecule has 0 saturated heterocycles. The van der Waals surface area contributed by atoms with Gasteiger partial charge in [-0.05, 0) is 5.04 Å². The molecule has 0 aliphatic rings. The summed E-state index contributed by atoms with van der Waals surface area (Å²) in [4.78, 5) is 0. The van der Waals surface area contributed by atoms with Gasteiger partial charge in [-0.3, -0.25) is 0 Å². The first-order valence-corrected chi connectivity index (χ1v) is 3.02. The second-order valence-electron chi connectivity index (χ2n) is 0.285. The Balaban J connectivity index is 2.34. The van der Waals surface area contributed by atoms with Gasteiger partial charge in [0.05, 0.1) is 0 Å². The van der Waals surface area contributed by atoms with E-state index in [0.29, 0.717) is 0 Å². The molecule has 6 heavy (non-hydrogen) atoms. The van der Waals surface area contributed by atoms with Gasteiger partial charge < -0.3 is 0 Å². The summed E-state index contributed by atoms with van der Waals surface area (Å²) in [5.74, 6) is 0. The Bertz CT molecular complexity index is 18.0. The second-order valence-corrected chi connectivity index (χ2v) is 1.17. The van der Waals surface area contributed by atoms with E-state index in [1.807, 2.05) is 0 Å². The molecule has 3 nitrogen and oxygen atoms in total. The van der Waals surface area contributed by atoms with E-state index in [0.717, 1.165) is 11.1 Å². The maximum Gasteiger partial charge on any atom is 0.102 e. The predicted octanol–water partition coefficient (Wildman–Crippen LogP) is 1.20. The van der Waals surface area contributed by atoms with Gasteiger partial charge in [0.2, 0.25) is 0 Å². The Morgan fingerprint density at radius 3 is 2.33 bits per heavy atom. The first-order chi connectivity index (χ1) is 2.91. The molecular weight excluding hydrogens is 144 g/mol. The van der Waals surface area contributed by atoms with Crippen LogP contribution >= 0.6 is 35.6 Å². The maximum absolute atomic E-state index is 3.96. The normalized spacial score (nSPS) is 9.00. The van der Waals surface area contributed by atoms with Crippen LogP contribution in [0.15, 0.2) is 0 Å². The van der Waals surface area contributed by atoms with E-state index >= 15 is 0 Å². The molecule has 0 N–H and O–H groups in total. The van der Waals surface area contributed by atoms with Gasteiger partial charge in [-0.15, -0.1) is 8.67 Å². The highest BCUT2D eigenvalue weighted by Crippen LogP contribution is 2.06. The Morgan fingerprint density at radius 1 is 1.50 bits per heavy atom. The van der Waals surface area contributed by atoms with Crippen LogP contribution in [0.3, 0.4) is 0 Å². The number of hydrogen-bond acceptors (Lipinski definition) is 6. The molecule has 0 aromatic heterocycles.